The summed E-state index contributed by atoms with van der Waals surface area (Å²) in [5.74, 6) is -4.50. The van der Waals surface area contributed by atoms with Crippen LogP contribution in [0.4, 0.5) is 18.9 Å². The van der Waals surface area contributed by atoms with Gasteiger partial charge in [0.2, 0.25) is 11.8 Å². The van der Waals surface area contributed by atoms with Crippen molar-refractivity contribution in [2.75, 3.05) is 18.0 Å². The summed E-state index contributed by atoms with van der Waals surface area (Å²) in [4.78, 5) is 29.3. The normalized spacial score (nSPS) is 18.7. The van der Waals surface area contributed by atoms with Crippen molar-refractivity contribution in [3.63, 3.8) is 0 Å². The van der Waals surface area contributed by atoms with E-state index < -0.39 is 41.2 Å². The zero-order chi connectivity index (χ0) is 19.1. The van der Waals surface area contributed by atoms with Crippen molar-refractivity contribution in [3.8, 4) is 0 Å². The van der Waals surface area contributed by atoms with E-state index in [1.165, 1.54) is 18.2 Å². The minimum Gasteiger partial charge on any atom is -0.368 e. The summed E-state index contributed by atoms with van der Waals surface area (Å²) >= 11 is 0. The van der Waals surface area contributed by atoms with Crippen molar-refractivity contribution < 1.29 is 22.8 Å². The minimum atomic E-state index is -1.77. The molecule has 1 aliphatic heterocycles. The predicted molar refractivity (Wildman–Crippen MR) is 89.5 cm³/mol. The van der Waals surface area contributed by atoms with Crippen LogP contribution in [0.2, 0.25) is 0 Å². The summed E-state index contributed by atoms with van der Waals surface area (Å²) < 4.78 is 42.1. The quantitative estimate of drug-likeness (QED) is 0.826. The molecular formula is C18H14F3N3O2. The first-order valence-corrected chi connectivity index (χ1v) is 7.60. The van der Waals surface area contributed by atoms with Crippen molar-refractivity contribution in [3.05, 3.63) is 65.0 Å². The molecule has 0 saturated carbocycles. The number of fused-ring (bicyclic) bond motifs is 1. The van der Waals surface area contributed by atoms with Crippen LogP contribution in [-0.2, 0) is 15.0 Å². The molecule has 0 aromatic heterocycles. The lowest BCUT2D eigenvalue weighted by molar-refractivity contribution is -0.124. The molecule has 1 aliphatic rings. The third-order valence-electron chi connectivity index (χ3n) is 4.40. The van der Waals surface area contributed by atoms with Crippen molar-refractivity contribution in [2.45, 2.75) is 5.41 Å². The Bertz CT molecular complexity index is 915. The first-order valence-electron chi connectivity index (χ1n) is 7.60. The van der Waals surface area contributed by atoms with E-state index in [2.05, 4.69) is 11.7 Å². The van der Waals surface area contributed by atoms with Crippen LogP contribution in [0.1, 0.15) is 11.1 Å². The molecule has 0 bridgehead atoms. The molecule has 0 unspecified atom stereocenters. The molecule has 1 atom stereocenters. The summed E-state index contributed by atoms with van der Waals surface area (Å²) in [5, 5.41) is 0. The Morgan fingerprint density at radius 2 is 1.81 bits per heavy atom. The number of aliphatic imine (C=N–C) groups is 1. The molecule has 2 aromatic carbocycles. The predicted octanol–water partition coefficient (Wildman–Crippen LogP) is 1.92. The molecule has 3 rings (SSSR count). The van der Waals surface area contributed by atoms with Crippen LogP contribution in [0, 0.1) is 17.5 Å². The third kappa shape index (κ3) is 2.45. The Labute approximate surface area is 146 Å². The number of hydrogen-bond donors (Lipinski definition) is 1. The van der Waals surface area contributed by atoms with Gasteiger partial charge >= 0.3 is 0 Å². The van der Waals surface area contributed by atoms with E-state index in [0.29, 0.717) is 0 Å². The van der Waals surface area contributed by atoms with Gasteiger partial charge in [-0.3, -0.25) is 14.6 Å². The summed E-state index contributed by atoms with van der Waals surface area (Å²) in [6, 6.07) is 6.84. The smallest absolute Gasteiger partial charge is 0.244 e. The molecule has 0 radical (unpaired) electrons. The molecule has 5 nitrogen and oxygen atoms in total. The Morgan fingerprint density at radius 1 is 1.15 bits per heavy atom. The molecule has 0 saturated heterocycles. The SMILES string of the molecule is C=NC[C@]1(c2ccc(F)cc2)C(=O)N(CC(N)=O)c2ccc(F)c(F)c21. The molecule has 134 valence electrons. The Balaban J connectivity index is 2.35. The van der Waals surface area contributed by atoms with Gasteiger partial charge in [0, 0.05) is 5.56 Å². The van der Waals surface area contributed by atoms with Crippen LogP contribution >= 0.6 is 0 Å². The fourth-order valence-electron chi connectivity index (χ4n) is 3.34. The van der Waals surface area contributed by atoms with Gasteiger partial charge in [0.25, 0.3) is 0 Å². The Hall–Kier alpha value is -3.16. The standard InChI is InChI=1S/C18H14F3N3O2/c1-23-9-18(10-2-4-11(19)5-3-10)15-13(7-6-12(20)16(15)21)24(17(18)26)8-14(22)25/h2-7H,1,8-9H2,(H2,22,25)/t18-/m1/s1. The van der Waals surface area contributed by atoms with E-state index in [1.54, 1.807) is 0 Å². The highest BCUT2D eigenvalue weighted by Gasteiger charge is 2.54. The van der Waals surface area contributed by atoms with Gasteiger partial charge in [-0.05, 0) is 36.5 Å². The number of rotatable bonds is 5. The van der Waals surface area contributed by atoms with Crippen molar-refractivity contribution in [1.82, 2.24) is 0 Å². The van der Waals surface area contributed by atoms with Gasteiger partial charge in [-0.2, -0.15) is 0 Å². The number of amides is 2. The zero-order valence-corrected chi connectivity index (χ0v) is 13.5. The minimum absolute atomic E-state index is 0.0145. The van der Waals surface area contributed by atoms with Crippen LogP contribution < -0.4 is 10.6 Å². The van der Waals surface area contributed by atoms with Gasteiger partial charge in [-0.15, -0.1) is 0 Å². The average Bonchev–Trinajstić information content (AvgIpc) is 2.82. The maximum Gasteiger partial charge on any atom is 0.244 e. The van der Waals surface area contributed by atoms with Crippen LogP contribution in [0.25, 0.3) is 0 Å². The van der Waals surface area contributed by atoms with Gasteiger partial charge in [0.05, 0.1) is 12.2 Å². The number of primary amides is 1. The monoisotopic (exact) mass is 361 g/mol. The van der Waals surface area contributed by atoms with Crippen LogP contribution in [-0.4, -0.2) is 31.6 Å². The number of anilines is 1. The van der Waals surface area contributed by atoms with E-state index in [1.807, 2.05) is 0 Å². The van der Waals surface area contributed by atoms with Gasteiger partial charge < -0.3 is 10.6 Å². The molecule has 0 aliphatic carbocycles. The summed E-state index contributed by atoms with van der Waals surface area (Å²) in [6.07, 6.45) is 0. The molecule has 0 fully saturated rings. The molecule has 2 N–H and O–H groups in total. The molecule has 2 amide bonds. The summed E-state index contributed by atoms with van der Waals surface area (Å²) in [5.41, 5.74) is 3.37. The zero-order valence-electron chi connectivity index (χ0n) is 13.5. The van der Waals surface area contributed by atoms with Crippen molar-refractivity contribution in [1.29, 1.82) is 0 Å². The van der Waals surface area contributed by atoms with Crippen molar-refractivity contribution in [2.24, 2.45) is 10.7 Å². The van der Waals surface area contributed by atoms with E-state index in [9.17, 15) is 22.8 Å². The fraction of sp³-hybridized carbons (Fsp3) is 0.167. The number of nitrogens with zero attached hydrogens (tertiary/aromatic N) is 2. The molecule has 0 spiro atoms. The lowest BCUT2D eigenvalue weighted by atomic mass is 9.75. The first-order chi connectivity index (χ1) is 12.3. The lowest BCUT2D eigenvalue weighted by Crippen LogP contribution is -2.46. The highest BCUT2D eigenvalue weighted by Crippen LogP contribution is 2.48. The maximum atomic E-state index is 14.8. The second-order valence-corrected chi connectivity index (χ2v) is 5.91. The number of carbonyl (C=O) groups is 2. The number of benzene rings is 2. The lowest BCUT2D eigenvalue weighted by Gasteiger charge is -2.27. The third-order valence-corrected chi connectivity index (χ3v) is 4.40. The molecule has 8 heteroatoms. The van der Waals surface area contributed by atoms with E-state index in [-0.39, 0.29) is 23.4 Å². The summed E-state index contributed by atoms with van der Waals surface area (Å²) in [6.45, 7) is 2.52. The average molecular weight is 361 g/mol. The highest BCUT2D eigenvalue weighted by molar-refractivity contribution is 6.13. The second kappa shape index (κ2) is 6.29. The molecule has 26 heavy (non-hydrogen) atoms. The second-order valence-electron chi connectivity index (χ2n) is 5.91. The van der Waals surface area contributed by atoms with Crippen molar-refractivity contribution >= 4 is 24.2 Å². The number of hydrogen-bond acceptors (Lipinski definition) is 3. The topological polar surface area (TPSA) is 75.8 Å². The molecule has 2 aromatic rings. The van der Waals surface area contributed by atoms with Crippen LogP contribution in [0.3, 0.4) is 0 Å². The summed E-state index contributed by atoms with van der Waals surface area (Å²) in [7, 11) is 0. The number of carbonyl (C=O) groups excluding carboxylic acids is 2. The Morgan fingerprint density at radius 3 is 2.38 bits per heavy atom. The number of halogens is 3. The first kappa shape index (κ1) is 17.7. The van der Waals surface area contributed by atoms with Gasteiger partial charge in [-0.1, -0.05) is 12.1 Å². The largest absolute Gasteiger partial charge is 0.368 e. The van der Waals surface area contributed by atoms with Crippen LogP contribution in [0.15, 0.2) is 41.4 Å². The number of nitrogens with two attached hydrogens (primary N) is 1. The van der Waals surface area contributed by atoms with Gasteiger partial charge in [-0.25, -0.2) is 13.2 Å². The fourth-order valence-corrected chi connectivity index (χ4v) is 3.34. The van der Waals surface area contributed by atoms with Gasteiger partial charge in [0.15, 0.2) is 11.6 Å². The molecule has 1 heterocycles. The van der Waals surface area contributed by atoms with E-state index >= 15 is 0 Å². The maximum absolute atomic E-state index is 14.8. The van der Waals surface area contributed by atoms with E-state index in [4.69, 9.17) is 5.73 Å². The van der Waals surface area contributed by atoms with Crippen LogP contribution in [0.5, 0.6) is 0 Å². The Kier molecular flexibility index (Phi) is 4.27. The van der Waals surface area contributed by atoms with Gasteiger partial charge in [0.1, 0.15) is 17.8 Å². The highest BCUT2D eigenvalue weighted by atomic mass is 19.2. The van der Waals surface area contributed by atoms with E-state index in [0.717, 1.165) is 23.1 Å². The molecular weight excluding hydrogens is 347 g/mol.